The number of benzene rings is 1. The lowest BCUT2D eigenvalue weighted by atomic mass is 9.81. The summed E-state index contributed by atoms with van der Waals surface area (Å²) in [5, 5.41) is 20.3. The van der Waals surface area contributed by atoms with Crippen molar-refractivity contribution < 1.29 is 18.6 Å². The molecule has 2 rings (SSSR count). The number of aliphatic hydroxyl groups is 2. The Bertz CT molecular complexity index is 715. The van der Waals surface area contributed by atoms with Gasteiger partial charge in [-0.1, -0.05) is 38.1 Å². The lowest BCUT2D eigenvalue weighted by Gasteiger charge is -2.29. The zero-order valence-corrected chi connectivity index (χ0v) is 13.8. The van der Waals surface area contributed by atoms with Crippen LogP contribution in [0.2, 0.25) is 0 Å². The van der Waals surface area contributed by atoms with Crippen molar-refractivity contribution in [2.75, 3.05) is 0 Å². The minimum absolute atomic E-state index is 0.0745. The summed E-state index contributed by atoms with van der Waals surface area (Å²) in [5.74, 6) is -2.98. The molecule has 0 saturated heterocycles. The van der Waals surface area contributed by atoms with E-state index in [-0.39, 0.29) is 10.5 Å². The summed E-state index contributed by atoms with van der Waals surface area (Å²) >= 11 is 0. The second kappa shape index (κ2) is 5.30. The van der Waals surface area contributed by atoms with Gasteiger partial charge in [0.2, 0.25) is 0 Å². The van der Waals surface area contributed by atoms with Crippen molar-refractivity contribution in [3.63, 3.8) is 0 Å². The number of aryl methyl sites for hydroxylation is 1. The molecule has 1 fully saturated rings. The molecule has 1 atom stereocenters. The third kappa shape index (κ3) is 2.99. The fraction of sp³-hybridized carbons (Fsp3) is 0.438. The Morgan fingerprint density at radius 3 is 2.27 bits per heavy atom. The highest BCUT2D eigenvalue weighted by Gasteiger charge is 2.52. The van der Waals surface area contributed by atoms with Crippen molar-refractivity contribution in [3.8, 4) is 0 Å². The van der Waals surface area contributed by atoms with E-state index >= 15 is 0 Å². The second-order valence-electron chi connectivity index (χ2n) is 6.52. The maximum Gasteiger partial charge on any atom is 0.281 e. The van der Waals surface area contributed by atoms with Gasteiger partial charge in [0.1, 0.15) is 0 Å². The molecular weight excluding hydrogens is 302 g/mol. The van der Waals surface area contributed by atoms with Crippen LogP contribution in [0.5, 0.6) is 0 Å². The van der Waals surface area contributed by atoms with E-state index in [1.165, 1.54) is 12.1 Å². The first-order valence-corrected chi connectivity index (χ1v) is 8.41. The zero-order chi connectivity index (χ0) is 16.8. The molecule has 0 aliphatic heterocycles. The molecule has 1 aliphatic rings. The summed E-state index contributed by atoms with van der Waals surface area (Å²) in [6, 6.07) is 6.33. The molecule has 0 amide bonds. The fourth-order valence-electron chi connectivity index (χ4n) is 2.77. The van der Waals surface area contributed by atoms with Gasteiger partial charge in [-0.2, -0.15) is 12.8 Å². The van der Waals surface area contributed by atoms with E-state index in [1.54, 1.807) is 12.1 Å². The smallest absolute Gasteiger partial charge is 0.281 e. The van der Waals surface area contributed by atoms with Crippen LogP contribution in [0.4, 0.5) is 0 Å². The molecule has 6 heteroatoms. The van der Waals surface area contributed by atoms with Crippen molar-refractivity contribution in [2.45, 2.75) is 37.9 Å². The molecule has 1 saturated carbocycles. The van der Waals surface area contributed by atoms with Crippen LogP contribution < -0.4 is 0 Å². The van der Waals surface area contributed by atoms with E-state index < -0.39 is 27.1 Å². The number of rotatable bonds is 3. The van der Waals surface area contributed by atoms with Crippen LogP contribution in [-0.4, -0.2) is 30.6 Å². The first kappa shape index (κ1) is 16.9. The van der Waals surface area contributed by atoms with E-state index in [0.29, 0.717) is 6.42 Å². The molecule has 1 unspecified atom stereocenters. The molecule has 0 radical (unpaired) electrons. The Kier molecular flexibility index (Phi) is 4.06. The number of hydrogen-bond acceptors (Lipinski definition) is 4. The average molecular weight is 323 g/mol. The molecule has 2 N–H and O–H groups in total. The van der Waals surface area contributed by atoms with Gasteiger partial charge in [-0.25, -0.2) is 0 Å². The molecule has 1 aromatic rings. The molecule has 1 aliphatic carbocycles. The molecule has 1 aromatic carbocycles. The van der Waals surface area contributed by atoms with E-state index in [4.69, 9.17) is 0 Å². The summed E-state index contributed by atoms with van der Waals surface area (Å²) in [7, 11) is -3.86. The summed E-state index contributed by atoms with van der Waals surface area (Å²) in [4.78, 5) is 0.0745. The highest BCUT2D eigenvalue weighted by Crippen LogP contribution is 2.49. The summed E-state index contributed by atoms with van der Waals surface area (Å²) in [6.45, 7) is 9.16. The first-order chi connectivity index (χ1) is 9.97. The Hall–Kier alpha value is -1.50. The van der Waals surface area contributed by atoms with Gasteiger partial charge in [0, 0.05) is 6.21 Å². The van der Waals surface area contributed by atoms with Gasteiger partial charge in [0.05, 0.1) is 10.8 Å². The van der Waals surface area contributed by atoms with Crippen LogP contribution in [0.1, 0.15) is 25.8 Å². The second-order valence-corrected chi connectivity index (χ2v) is 8.15. The lowest BCUT2D eigenvalue weighted by Crippen LogP contribution is -2.39. The Balaban J connectivity index is 2.34. The molecule has 5 nitrogen and oxygen atoms in total. The Morgan fingerprint density at radius 1 is 1.27 bits per heavy atom. The van der Waals surface area contributed by atoms with Crippen LogP contribution in [0.15, 0.2) is 45.7 Å². The topological polar surface area (TPSA) is 87.0 Å². The highest BCUT2D eigenvalue weighted by atomic mass is 32.2. The molecular formula is C16H21NO4S. The normalized spacial score (nSPS) is 24.0. The van der Waals surface area contributed by atoms with Gasteiger partial charge >= 0.3 is 0 Å². The number of sulfonamides is 1. The molecule has 0 bridgehead atoms. The van der Waals surface area contributed by atoms with Crippen LogP contribution in [0, 0.1) is 18.3 Å². The van der Waals surface area contributed by atoms with E-state index in [0.717, 1.165) is 11.8 Å². The average Bonchev–Trinajstić information content (AvgIpc) is 2.52. The van der Waals surface area contributed by atoms with Gasteiger partial charge in [0.25, 0.3) is 10.0 Å². The molecule has 0 spiro atoms. The number of hydrogen-bond donors (Lipinski definition) is 2. The van der Waals surface area contributed by atoms with Crippen molar-refractivity contribution in [3.05, 3.63) is 42.0 Å². The van der Waals surface area contributed by atoms with Crippen LogP contribution in [0.3, 0.4) is 0 Å². The van der Waals surface area contributed by atoms with Crippen molar-refractivity contribution >= 4 is 16.2 Å². The largest absolute Gasteiger partial charge is 0.362 e. The van der Waals surface area contributed by atoms with Crippen molar-refractivity contribution in [1.82, 2.24) is 0 Å². The lowest BCUT2D eigenvalue weighted by molar-refractivity contribution is -0.149. The van der Waals surface area contributed by atoms with Gasteiger partial charge in [0.15, 0.2) is 5.79 Å². The molecule has 0 aromatic heterocycles. The van der Waals surface area contributed by atoms with E-state index in [1.807, 2.05) is 20.8 Å². The monoisotopic (exact) mass is 323 g/mol. The Labute approximate surface area is 131 Å². The molecule has 0 heterocycles. The fourth-order valence-corrected chi connectivity index (χ4v) is 3.66. The van der Waals surface area contributed by atoms with Crippen LogP contribution in [0.25, 0.3) is 0 Å². The van der Waals surface area contributed by atoms with Gasteiger partial charge in [-0.3, -0.25) is 0 Å². The highest BCUT2D eigenvalue weighted by molar-refractivity contribution is 7.90. The van der Waals surface area contributed by atoms with Crippen LogP contribution in [-0.2, 0) is 10.0 Å². The van der Waals surface area contributed by atoms with E-state index in [9.17, 15) is 18.6 Å². The predicted octanol–water partition coefficient (Wildman–Crippen LogP) is 2.04. The standard InChI is InChI=1S/C16H21NO4S/c1-11-5-7-13(8-6-11)22(20,21)17-10-14-15(3,4)9-12(2)16(14,18)19/h5-8,10,14,18-19H,2,9H2,1,3-4H3/b17-10+. The third-order valence-corrected chi connectivity index (χ3v) is 5.40. The predicted molar refractivity (Wildman–Crippen MR) is 85.1 cm³/mol. The molecule has 22 heavy (non-hydrogen) atoms. The van der Waals surface area contributed by atoms with Crippen LogP contribution >= 0.6 is 0 Å². The zero-order valence-electron chi connectivity index (χ0n) is 12.9. The van der Waals surface area contributed by atoms with Gasteiger partial charge in [-0.05, 0) is 36.5 Å². The van der Waals surface area contributed by atoms with Crippen molar-refractivity contribution in [2.24, 2.45) is 15.7 Å². The summed E-state index contributed by atoms with van der Waals surface area (Å²) < 4.78 is 28.1. The van der Waals surface area contributed by atoms with Crippen molar-refractivity contribution in [1.29, 1.82) is 0 Å². The summed E-state index contributed by atoms with van der Waals surface area (Å²) in [5.41, 5.74) is 0.676. The minimum atomic E-state index is -3.86. The maximum atomic E-state index is 12.2. The molecule has 120 valence electrons. The quantitative estimate of drug-likeness (QED) is 0.506. The van der Waals surface area contributed by atoms with Gasteiger partial charge in [-0.15, -0.1) is 0 Å². The Morgan fingerprint density at radius 2 is 1.82 bits per heavy atom. The number of nitrogens with zero attached hydrogens (tertiary/aromatic N) is 1. The third-order valence-electron chi connectivity index (χ3n) is 4.13. The minimum Gasteiger partial charge on any atom is -0.362 e. The van der Waals surface area contributed by atoms with E-state index in [2.05, 4.69) is 11.0 Å². The SMILES string of the molecule is C=C1CC(C)(C)C(/C=N/S(=O)(=O)c2ccc(C)cc2)C1(O)O. The van der Waals surface area contributed by atoms with Gasteiger partial charge < -0.3 is 10.2 Å². The maximum absolute atomic E-state index is 12.2. The summed E-state index contributed by atoms with van der Waals surface area (Å²) in [6.07, 6.45) is 1.51. The first-order valence-electron chi connectivity index (χ1n) is 6.97.